The van der Waals surface area contributed by atoms with Crippen molar-refractivity contribution < 1.29 is 19.2 Å². The summed E-state index contributed by atoms with van der Waals surface area (Å²) < 4.78 is 5.14. The van der Waals surface area contributed by atoms with Crippen LogP contribution in [-0.2, 0) is 16.0 Å². The molecule has 188 valence electrons. The van der Waals surface area contributed by atoms with Crippen LogP contribution >= 0.6 is 11.3 Å². The second kappa shape index (κ2) is 11.5. The molecule has 4 rings (SSSR count). The minimum absolute atomic E-state index is 0.118. The average Bonchev–Trinajstić information content (AvgIpc) is 3.37. The summed E-state index contributed by atoms with van der Waals surface area (Å²) in [6.45, 7) is 3.20. The van der Waals surface area contributed by atoms with E-state index in [9.17, 15) is 19.7 Å². The lowest BCUT2D eigenvalue weighted by atomic mass is 9.92. The number of carbonyl (C=O) groups is 2. The molecular formula is C27H29N3O5S. The number of hydrogen-bond acceptors (Lipinski definition) is 6. The predicted molar refractivity (Wildman–Crippen MR) is 138 cm³/mol. The first-order chi connectivity index (χ1) is 17.4. The molecule has 1 unspecified atom stereocenters. The first-order valence-electron chi connectivity index (χ1n) is 11.8. The molecule has 0 aliphatic carbocycles. The number of rotatable bonds is 9. The summed E-state index contributed by atoms with van der Waals surface area (Å²) in [5.74, 6) is -0.572. The number of methoxy groups -OCH3 is 1. The number of ether oxygens (including phenoxy) is 1. The van der Waals surface area contributed by atoms with E-state index in [4.69, 9.17) is 4.74 Å². The molecule has 0 radical (unpaired) electrons. The van der Waals surface area contributed by atoms with Crippen LogP contribution in [0, 0.1) is 17.0 Å². The van der Waals surface area contributed by atoms with Gasteiger partial charge in [-0.15, -0.1) is 11.3 Å². The number of aryl methyl sites for hydroxylation is 1. The Hall–Kier alpha value is -3.56. The van der Waals surface area contributed by atoms with E-state index < -0.39 is 10.8 Å². The van der Waals surface area contributed by atoms with Crippen LogP contribution in [0.15, 0.2) is 60.0 Å². The Labute approximate surface area is 214 Å². The zero-order valence-electron chi connectivity index (χ0n) is 20.4. The highest BCUT2D eigenvalue weighted by atomic mass is 32.1. The number of carbonyl (C=O) groups excluding carboxylic acids is 2. The van der Waals surface area contributed by atoms with Gasteiger partial charge in [-0.3, -0.25) is 19.7 Å². The fourth-order valence-electron chi connectivity index (χ4n) is 4.53. The minimum atomic E-state index is -0.532. The largest absolute Gasteiger partial charge is 0.385 e. The van der Waals surface area contributed by atoms with Crippen LogP contribution in [0.4, 0.5) is 5.69 Å². The topological polar surface area (TPSA) is 93.0 Å². The van der Waals surface area contributed by atoms with E-state index in [1.54, 1.807) is 18.4 Å². The van der Waals surface area contributed by atoms with Crippen molar-refractivity contribution in [3.63, 3.8) is 0 Å². The summed E-state index contributed by atoms with van der Waals surface area (Å²) in [7, 11) is 1.58. The Morgan fingerprint density at radius 3 is 2.69 bits per heavy atom. The number of benzene rings is 2. The number of nitro groups is 1. The van der Waals surface area contributed by atoms with E-state index >= 15 is 0 Å². The van der Waals surface area contributed by atoms with Gasteiger partial charge in [-0.25, -0.2) is 0 Å². The van der Waals surface area contributed by atoms with Crippen LogP contribution in [-0.4, -0.2) is 59.9 Å². The molecule has 0 saturated carbocycles. The highest BCUT2D eigenvalue weighted by Crippen LogP contribution is 2.38. The molecule has 1 atom stereocenters. The van der Waals surface area contributed by atoms with Crippen molar-refractivity contribution in [2.24, 2.45) is 0 Å². The van der Waals surface area contributed by atoms with Crippen molar-refractivity contribution in [2.45, 2.75) is 25.8 Å². The van der Waals surface area contributed by atoms with Crippen LogP contribution in [0.5, 0.6) is 0 Å². The standard InChI is InChI=1S/C27H29N3O5S/c1-19-7-9-20(10-8-19)26-23-12-16-36-24(23)11-14-29(26)25(31)18-28(13-4-15-35-2)27(32)21-5-3-6-22(17-21)30(33)34/h3,5-10,12,16-17,26H,4,11,13-15,18H2,1-2H3. The van der Waals surface area contributed by atoms with Gasteiger partial charge in [-0.2, -0.15) is 0 Å². The molecule has 2 aromatic carbocycles. The van der Waals surface area contributed by atoms with Gasteiger partial charge in [0.2, 0.25) is 5.91 Å². The summed E-state index contributed by atoms with van der Waals surface area (Å²) in [6, 6.07) is 15.7. The second-order valence-corrected chi connectivity index (χ2v) is 9.83. The third-order valence-electron chi connectivity index (χ3n) is 6.37. The van der Waals surface area contributed by atoms with E-state index in [1.165, 1.54) is 34.0 Å². The van der Waals surface area contributed by atoms with Crippen molar-refractivity contribution >= 4 is 28.8 Å². The number of amides is 2. The van der Waals surface area contributed by atoms with Gasteiger partial charge in [-0.05, 0) is 48.4 Å². The maximum Gasteiger partial charge on any atom is 0.270 e. The van der Waals surface area contributed by atoms with Gasteiger partial charge in [0, 0.05) is 49.4 Å². The van der Waals surface area contributed by atoms with Crippen molar-refractivity contribution in [3.8, 4) is 0 Å². The van der Waals surface area contributed by atoms with E-state index in [0.717, 1.165) is 23.1 Å². The second-order valence-electron chi connectivity index (χ2n) is 8.83. The molecule has 0 saturated heterocycles. The normalized spacial score (nSPS) is 14.8. The molecule has 2 heterocycles. The van der Waals surface area contributed by atoms with E-state index in [-0.39, 0.29) is 29.7 Å². The Morgan fingerprint density at radius 1 is 1.19 bits per heavy atom. The number of nitro benzene ring substituents is 1. The third-order valence-corrected chi connectivity index (χ3v) is 7.37. The molecular weight excluding hydrogens is 478 g/mol. The highest BCUT2D eigenvalue weighted by molar-refractivity contribution is 7.10. The van der Waals surface area contributed by atoms with Crippen LogP contribution in [0.2, 0.25) is 0 Å². The van der Waals surface area contributed by atoms with E-state index in [2.05, 4.69) is 23.6 Å². The molecule has 36 heavy (non-hydrogen) atoms. The van der Waals surface area contributed by atoms with Gasteiger partial charge in [0.05, 0.1) is 11.0 Å². The molecule has 9 heteroatoms. The minimum Gasteiger partial charge on any atom is -0.385 e. The number of thiophene rings is 1. The van der Waals surface area contributed by atoms with Crippen LogP contribution < -0.4 is 0 Å². The van der Waals surface area contributed by atoms with Crippen LogP contribution in [0.3, 0.4) is 0 Å². The molecule has 1 aliphatic rings. The van der Waals surface area contributed by atoms with Gasteiger partial charge >= 0.3 is 0 Å². The maximum atomic E-state index is 13.7. The molecule has 1 aromatic heterocycles. The molecule has 0 spiro atoms. The van der Waals surface area contributed by atoms with Crippen molar-refractivity contribution in [1.82, 2.24) is 9.80 Å². The maximum absolute atomic E-state index is 13.7. The fourth-order valence-corrected chi connectivity index (χ4v) is 5.44. The first-order valence-corrected chi connectivity index (χ1v) is 12.7. The van der Waals surface area contributed by atoms with Gasteiger partial charge in [0.1, 0.15) is 6.54 Å². The Morgan fingerprint density at radius 2 is 1.97 bits per heavy atom. The lowest BCUT2D eigenvalue weighted by Crippen LogP contribution is -2.47. The van der Waals surface area contributed by atoms with Crippen LogP contribution in [0.25, 0.3) is 0 Å². The number of fused-ring (bicyclic) bond motifs is 1. The molecule has 2 amide bonds. The Bertz CT molecular complexity index is 1240. The lowest BCUT2D eigenvalue weighted by molar-refractivity contribution is -0.384. The quantitative estimate of drug-likeness (QED) is 0.239. The van der Waals surface area contributed by atoms with Crippen molar-refractivity contribution in [3.05, 3.63) is 97.2 Å². The number of nitrogens with zero attached hydrogens (tertiary/aromatic N) is 3. The highest BCUT2D eigenvalue weighted by Gasteiger charge is 2.34. The molecule has 3 aromatic rings. The van der Waals surface area contributed by atoms with E-state index in [0.29, 0.717) is 26.1 Å². The molecule has 0 bridgehead atoms. The zero-order chi connectivity index (χ0) is 25.7. The smallest absolute Gasteiger partial charge is 0.270 e. The summed E-state index contributed by atoms with van der Waals surface area (Å²) in [4.78, 5) is 42.4. The number of hydrogen-bond donors (Lipinski definition) is 0. The summed E-state index contributed by atoms with van der Waals surface area (Å²) in [5, 5.41) is 13.3. The van der Waals surface area contributed by atoms with Crippen LogP contribution in [0.1, 0.15) is 44.4 Å². The van der Waals surface area contributed by atoms with Crippen molar-refractivity contribution in [2.75, 3.05) is 33.4 Å². The monoisotopic (exact) mass is 507 g/mol. The summed E-state index contributed by atoms with van der Waals surface area (Å²) >= 11 is 1.70. The van der Waals surface area contributed by atoms with Gasteiger partial charge < -0.3 is 14.5 Å². The first kappa shape index (κ1) is 25.5. The Kier molecular flexibility index (Phi) is 8.12. The average molecular weight is 508 g/mol. The van der Waals surface area contributed by atoms with Gasteiger partial charge in [-0.1, -0.05) is 35.9 Å². The molecule has 0 fully saturated rings. The summed E-state index contributed by atoms with van der Waals surface area (Å²) in [5.41, 5.74) is 3.32. The lowest BCUT2D eigenvalue weighted by Gasteiger charge is -2.37. The molecule has 0 N–H and O–H groups in total. The Balaban J connectivity index is 1.61. The zero-order valence-corrected chi connectivity index (χ0v) is 21.2. The predicted octanol–water partition coefficient (Wildman–Crippen LogP) is 4.62. The van der Waals surface area contributed by atoms with Gasteiger partial charge in [0.25, 0.3) is 11.6 Å². The number of non-ortho nitro benzene ring substituents is 1. The SMILES string of the molecule is COCCCN(CC(=O)N1CCc2sccc2C1c1ccc(C)cc1)C(=O)c1cccc([N+](=O)[O-])c1. The van der Waals surface area contributed by atoms with E-state index in [1.807, 2.05) is 24.0 Å². The fraction of sp³-hybridized carbons (Fsp3) is 0.333. The molecule has 8 nitrogen and oxygen atoms in total. The van der Waals surface area contributed by atoms with Crippen molar-refractivity contribution in [1.29, 1.82) is 0 Å². The third kappa shape index (κ3) is 5.63. The van der Waals surface area contributed by atoms with Gasteiger partial charge in [0.15, 0.2) is 0 Å². The summed E-state index contributed by atoms with van der Waals surface area (Å²) in [6.07, 6.45) is 1.31. The molecule has 1 aliphatic heterocycles.